The zero-order valence-corrected chi connectivity index (χ0v) is 11.9. The van der Waals surface area contributed by atoms with Gasteiger partial charge in [0.2, 0.25) is 5.71 Å². The Morgan fingerprint density at radius 1 is 0.905 bits per heavy atom. The monoisotopic (exact) mass is 274 g/mol. The normalized spacial score (nSPS) is 11.3. The summed E-state index contributed by atoms with van der Waals surface area (Å²) in [7, 11) is 0. The number of hydrogen-bond acceptors (Lipinski definition) is 3. The van der Waals surface area contributed by atoms with Crippen LogP contribution in [0.15, 0.2) is 53.2 Å². The first-order valence-corrected chi connectivity index (χ1v) is 6.94. The first-order valence-electron chi connectivity index (χ1n) is 6.94. The van der Waals surface area contributed by atoms with Crippen molar-refractivity contribution in [1.29, 1.82) is 0 Å². The summed E-state index contributed by atoms with van der Waals surface area (Å²) < 4.78 is 6.00. The van der Waals surface area contributed by atoms with Gasteiger partial charge in [0.05, 0.1) is 5.69 Å². The van der Waals surface area contributed by atoms with Gasteiger partial charge in [-0.3, -0.25) is 4.98 Å². The van der Waals surface area contributed by atoms with Crippen LogP contribution in [0.25, 0.3) is 33.3 Å². The molecule has 102 valence electrons. The predicted molar refractivity (Wildman–Crippen MR) is 84.2 cm³/mol. The minimum Gasteiger partial charge on any atom is -0.437 e. The number of furan rings is 1. The average Bonchev–Trinajstić information content (AvgIpc) is 2.87. The van der Waals surface area contributed by atoms with Crippen molar-refractivity contribution < 1.29 is 4.42 Å². The van der Waals surface area contributed by atoms with Gasteiger partial charge in [-0.1, -0.05) is 18.2 Å². The van der Waals surface area contributed by atoms with E-state index in [0.29, 0.717) is 5.71 Å². The van der Waals surface area contributed by atoms with Gasteiger partial charge in [-0.05, 0) is 43.2 Å². The summed E-state index contributed by atoms with van der Waals surface area (Å²) in [5.41, 5.74) is 5.81. The fourth-order valence-corrected chi connectivity index (χ4v) is 2.71. The highest BCUT2D eigenvalue weighted by atomic mass is 16.3. The Hall–Kier alpha value is -2.68. The third-order valence-electron chi connectivity index (χ3n) is 3.79. The van der Waals surface area contributed by atoms with E-state index in [1.165, 1.54) is 0 Å². The Balaban J connectivity index is 2.12. The van der Waals surface area contributed by atoms with Gasteiger partial charge in [-0.2, -0.15) is 0 Å². The van der Waals surface area contributed by atoms with E-state index in [1.54, 1.807) is 6.20 Å². The molecule has 1 aromatic carbocycles. The van der Waals surface area contributed by atoms with Crippen molar-refractivity contribution >= 4 is 22.1 Å². The molecule has 0 atom stereocenters. The summed E-state index contributed by atoms with van der Waals surface area (Å²) in [5.74, 6) is 0. The van der Waals surface area contributed by atoms with Crippen LogP contribution >= 0.6 is 0 Å². The van der Waals surface area contributed by atoms with E-state index in [1.807, 2.05) is 31.3 Å². The summed E-state index contributed by atoms with van der Waals surface area (Å²) in [6.07, 6.45) is 3.63. The van der Waals surface area contributed by atoms with E-state index in [4.69, 9.17) is 4.42 Å². The van der Waals surface area contributed by atoms with Crippen molar-refractivity contribution in [3.8, 4) is 11.3 Å². The van der Waals surface area contributed by atoms with E-state index in [2.05, 4.69) is 35.1 Å². The molecule has 0 aliphatic carbocycles. The topological polar surface area (TPSA) is 38.9 Å². The van der Waals surface area contributed by atoms with Crippen LogP contribution in [0.4, 0.5) is 0 Å². The van der Waals surface area contributed by atoms with Crippen molar-refractivity contribution in [2.45, 2.75) is 13.8 Å². The Morgan fingerprint density at radius 2 is 1.81 bits per heavy atom. The molecule has 0 fully saturated rings. The number of benzene rings is 1. The van der Waals surface area contributed by atoms with Crippen molar-refractivity contribution in [3.05, 3.63) is 59.9 Å². The Bertz CT molecular complexity index is 952. The lowest BCUT2D eigenvalue weighted by Crippen LogP contribution is -1.88. The lowest BCUT2D eigenvalue weighted by molar-refractivity contribution is 0.654. The Labute approximate surface area is 122 Å². The Morgan fingerprint density at radius 3 is 2.62 bits per heavy atom. The molecule has 0 aliphatic heterocycles. The van der Waals surface area contributed by atoms with E-state index >= 15 is 0 Å². The van der Waals surface area contributed by atoms with E-state index in [0.717, 1.165) is 38.7 Å². The number of aryl methyl sites for hydroxylation is 2. The predicted octanol–water partition coefficient (Wildman–Crippen LogP) is 4.66. The molecule has 3 heteroatoms. The molecule has 0 saturated heterocycles. The molecular formula is C18H14N2O. The number of nitrogens with zero attached hydrogens (tertiary/aromatic N) is 2. The van der Waals surface area contributed by atoms with Crippen molar-refractivity contribution in [3.63, 3.8) is 0 Å². The molecule has 0 unspecified atom stereocenters. The molecule has 0 N–H and O–H groups in total. The highest BCUT2D eigenvalue weighted by Gasteiger charge is 2.15. The number of fused-ring (bicyclic) bond motifs is 3. The van der Waals surface area contributed by atoms with Crippen molar-refractivity contribution in [2.75, 3.05) is 0 Å². The third kappa shape index (κ3) is 1.82. The van der Waals surface area contributed by atoms with Crippen LogP contribution in [0, 0.1) is 13.8 Å². The van der Waals surface area contributed by atoms with Gasteiger partial charge in [0, 0.05) is 28.7 Å². The molecule has 0 aliphatic rings. The molecule has 0 spiro atoms. The number of hydrogen-bond donors (Lipinski definition) is 0. The molecule has 21 heavy (non-hydrogen) atoms. The second-order valence-corrected chi connectivity index (χ2v) is 5.31. The zero-order chi connectivity index (χ0) is 14.4. The van der Waals surface area contributed by atoms with Gasteiger partial charge < -0.3 is 4.42 Å². The summed E-state index contributed by atoms with van der Waals surface area (Å²) >= 11 is 0. The van der Waals surface area contributed by atoms with E-state index < -0.39 is 0 Å². The number of pyridine rings is 2. The van der Waals surface area contributed by atoms with Crippen LogP contribution in [0.2, 0.25) is 0 Å². The first kappa shape index (κ1) is 12.1. The van der Waals surface area contributed by atoms with Crippen LogP contribution in [0.1, 0.15) is 11.1 Å². The molecule has 0 amide bonds. The first-order chi connectivity index (χ1) is 10.2. The van der Waals surface area contributed by atoms with Crippen molar-refractivity contribution in [2.24, 2.45) is 0 Å². The minimum absolute atomic E-state index is 0.673. The molecule has 0 saturated carbocycles. The van der Waals surface area contributed by atoms with E-state index in [-0.39, 0.29) is 0 Å². The van der Waals surface area contributed by atoms with Gasteiger partial charge in [-0.25, -0.2) is 4.98 Å². The summed E-state index contributed by atoms with van der Waals surface area (Å²) in [4.78, 5) is 8.86. The molecule has 0 radical (unpaired) electrons. The maximum Gasteiger partial charge on any atom is 0.227 e. The second kappa shape index (κ2) is 4.42. The number of aromatic nitrogens is 2. The molecule has 4 aromatic rings. The van der Waals surface area contributed by atoms with Gasteiger partial charge in [0.15, 0.2) is 0 Å². The van der Waals surface area contributed by atoms with Crippen LogP contribution in [0.5, 0.6) is 0 Å². The fraction of sp³-hybridized carbons (Fsp3) is 0.111. The van der Waals surface area contributed by atoms with E-state index in [9.17, 15) is 0 Å². The standard InChI is InChI=1S/C18H14N2O/c1-11-5-8-15(20-10-11)16-12(2)6-7-13-14-4-3-9-19-18(14)21-17(13)16/h3-10H,1-2H3. The Kier molecular flexibility index (Phi) is 2.54. The quantitative estimate of drug-likeness (QED) is 0.506. The smallest absolute Gasteiger partial charge is 0.227 e. The van der Waals surface area contributed by atoms with Crippen LogP contribution in [-0.2, 0) is 0 Å². The van der Waals surface area contributed by atoms with Gasteiger partial charge in [-0.15, -0.1) is 0 Å². The summed E-state index contributed by atoms with van der Waals surface area (Å²) in [6.45, 7) is 4.12. The van der Waals surface area contributed by atoms with Gasteiger partial charge >= 0.3 is 0 Å². The highest BCUT2D eigenvalue weighted by molar-refractivity contribution is 6.08. The minimum atomic E-state index is 0.673. The van der Waals surface area contributed by atoms with Gasteiger partial charge in [0.1, 0.15) is 5.58 Å². The molecule has 4 rings (SSSR count). The SMILES string of the molecule is Cc1ccc(-c2c(C)ccc3c2oc2ncccc23)nc1. The zero-order valence-electron chi connectivity index (χ0n) is 11.9. The summed E-state index contributed by atoms with van der Waals surface area (Å²) in [5, 5.41) is 2.13. The van der Waals surface area contributed by atoms with Crippen LogP contribution in [0.3, 0.4) is 0 Å². The maximum absolute atomic E-state index is 6.00. The maximum atomic E-state index is 6.00. The summed E-state index contributed by atoms with van der Waals surface area (Å²) in [6, 6.07) is 12.3. The van der Waals surface area contributed by atoms with Gasteiger partial charge in [0.25, 0.3) is 0 Å². The molecular weight excluding hydrogens is 260 g/mol. The molecule has 3 aromatic heterocycles. The lowest BCUT2D eigenvalue weighted by Gasteiger charge is -2.06. The molecule has 3 heterocycles. The van der Waals surface area contributed by atoms with Crippen molar-refractivity contribution in [1.82, 2.24) is 9.97 Å². The van der Waals surface area contributed by atoms with Crippen LogP contribution in [-0.4, -0.2) is 9.97 Å². The van der Waals surface area contributed by atoms with Crippen LogP contribution < -0.4 is 0 Å². The highest BCUT2D eigenvalue weighted by Crippen LogP contribution is 2.36. The average molecular weight is 274 g/mol. The molecule has 0 bridgehead atoms. The largest absolute Gasteiger partial charge is 0.437 e. The lowest BCUT2D eigenvalue weighted by atomic mass is 10.0. The number of rotatable bonds is 1. The third-order valence-corrected chi connectivity index (χ3v) is 3.79. The second-order valence-electron chi connectivity index (χ2n) is 5.31. The molecule has 3 nitrogen and oxygen atoms in total. The fourth-order valence-electron chi connectivity index (χ4n) is 2.71.